The molecule has 1 fully saturated rings. The van der Waals surface area contributed by atoms with Crippen molar-refractivity contribution in [2.24, 2.45) is 5.92 Å². The summed E-state index contributed by atoms with van der Waals surface area (Å²) in [5.41, 5.74) is 2.47. The first-order valence-electron chi connectivity index (χ1n) is 7.57. The van der Waals surface area contributed by atoms with Crippen LogP contribution < -0.4 is 5.32 Å². The van der Waals surface area contributed by atoms with Crippen LogP contribution in [0.5, 0.6) is 0 Å². The fourth-order valence-electron chi connectivity index (χ4n) is 2.88. The van der Waals surface area contributed by atoms with Crippen LogP contribution >= 0.6 is 0 Å². The lowest BCUT2D eigenvalue weighted by molar-refractivity contribution is 0.253. The fourth-order valence-corrected chi connectivity index (χ4v) is 2.88. The predicted molar refractivity (Wildman–Crippen MR) is 79.9 cm³/mol. The average molecular weight is 261 g/mol. The summed E-state index contributed by atoms with van der Waals surface area (Å²) in [4.78, 5) is 7.14. The van der Waals surface area contributed by atoms with E-state index in [2.05, 4.69) is 48.1 Å². The summed E-state index contributed by atoms with van der Waals surface area (Å²) in [5, 5.41) is 3.41. The van der Waals surface area contributed by atoms with E-state index >= 15 is 0 Å². The van der Waals surface area contributed by atoms with Crippen LogP contribution in [0.1, 0.15) is 44.9 Å². The minimum absolute atomic E-state index is 0.697. The quantitative estimate of drug-likeness (QED) is 0.798. The maximum Gasteiger partial charge on any atom is 0.0544 e. The molecule has 0 radical (unpaired) electrons. The zero-order chi connectivity index (χ0) is 13.7. The van der Waals surface area contributed by atoms with Gasteiger partial charge in [0.25, 0.3) is 0 Å². The molecule has 2 atom stereocenters. The van der Waals surface area contributed by atoms with Crippen LogP contribution in [0, 0.1) is 5.92 Å². The van der Waals surface area contributed by atoms with Gasteiger partial charge in [-0.2, -0.15) is 0 Å². The zero-order valence-corrected chi connectivity index (χ0v) is 12.5. The Hall–Kier alpha value is -0.930. The Morgan fingerprint density at radius 3 is 2.79 bits per heavy atom. The van der Waals surface area contributed by atoms with Gasteiger partial charge in [-0.15, -0.1) is 0 Å². The molecule has 1 aromatic heterocycles. The van der Waals surface area contributed by atoms with Crippen LogP contribution in [0.15, 0.2) is 18.3 Å². The number of aromatic nitrogens is 1. The van der Waals surface area contributed by atoms with Crippen LogP contribution in [0.3, 0.4) is 0 Å². The van der Waals surface area contributed by atoms with Gasteiger partial charge in [-0.1, -0.05) is 19.9 Å². The lowest BCUT2D eigenvalue weighted by atomic mass is 10.1. The summed E-state index contributed by atoms with van der Waals surface area (Å²) < 4.78 is 0. The van der Waals surface area contributed by atoms with Crippen molar-refractivity contribution < 1.29 is 0 Å². The Morgan fingerprint density at radius 1 is 1.37 bits per heavy atom. The molecule has 1 N–H and O–H groups in total. The van der Waals surface area contributed by atoms with Crippen molar-refractivity contribution >= 4 is 0 Å². The topological polar surface area (TPSA) is 28.2 Å². The molecule has 1 saturated heterocycles. The smallest absolute Gasteiger partial charge is 0.0544 e. The van der Waals surface area contributed by atoms with Crippen molar-refractivity contribution in [3.63, 3.8) is 0 Å². The summed E-state index contributed by atoms with van der Waals surface area (Å²) in [6.07, 6.45) is 4.51. The molecule has 1 aliphatic rings. The number of hydrogen-bond acceptors (Lipinski definition) is 3. The molecule has 19 heavy (non-hydrogen) atoms. The summed E-state index contributed by atoms with van der Waals surface area (Å²) in [6, 6.07) is 5.08. The van der Waals surface area contributed by atoms with Gasteiger partial charge in [0.1, 0.15) is 0 Å². The third-order valence-electron chi connectivity index (χ3n) is 3.92. The third-order valence-corrected chi connectivity index (χ3v) is 3.92. The molecule has 1 aromatic rings. The maximum absolute atomic E-state index is 4.60. The van der Waals surface area contributed by atoms with Gasteiger partial charge in [-0.05, 0) is 43.9 Å². The van der Waals surface area contributed by atoms with E-state index in [1.54, 1.807) is 0 Å². The second-order valence-corrected chi connectivity index (χ2v) is 5.95. The van der Waals surface area contributed by atoms with Gasteiger partial charge in [-0.3, -0.25) is 9.88 Å². The molecule has 0 aromatic carbocycles. The van der Waals surface area contributed by atoms with Crippen molar-refractivity contribution in [1.29, 1.82) is 0 Å². The third kappa shape index (κ3) is 4.29. The van der Waals surface area contributed by atoms with Crippen molar-refractivity contribution in [1.82, 2.24) is 15.2 Å². The molecule has 3 nitrogen and oxygen atoms in total. The molecule has 2 unspecified atom stereocenters. The lowest BCUT2D eigenvalue weighted by Crippen LogP contribution is -2.27. The standard InChI is InChI=1S/C16H27N3/c1-4-7-17-9-15-5-6-16(18-10-15)12-19-11-13(2)8-14(19)3/h5-6,10,13-14,17H,4,7-9,11-12H2,1-3H3. The molecule has 0 aliphatic carbocycles. The van der Waals surface area contributed by atoms with Gasteiger partial charge < -0.3 is 5.32 Å². The van der Waals surface area contributed by atoms with Crippen LogP contribution in [-0.4, -0.2) is 29.0 Å². The lowest BCUT2D eigenvalue weighted by Gasteiger charge is -2.20. The Balaban J connectivity index is 1.84. The molecule has 106 valence electrons. The Kier molecular flexibility index (Phi) is 5.34. The summed E-state index contributed by atoms with van der Waals surface area (Å²) in [7, 11) is 0. The number of nitrogens with one attached hydrogen (secondary N) is 1. The Morgan fingerprint density at radius 2 is 2.21 bits per heavy atom. The molecule has 0 amide bonds. The summed E-state index contributed by atoms with van der Waals surface area (Å²) in [5.74, 6) is 0.826. The van der Waals surface area contributed by atoms with Crippen molar-refractivity contribution in [2.75, 3.05) is 13.1 Å². The van der Waals surface area contributed by atoms with E-state index in [0.29, 0.717) is 6.04 Å². The molecule has 0 bridgehead atoms. The average Bonchev–Trinajstić information content (AvgIpc) is 2.70. The van der Waals surface area contributed by atoms with E-state index < -0.39 is 0 Å². The van der Waals surface area contributed by atoms with Gasteiger partial charge in [0.05, 0.1) is 5.69 Å². The normalized spacial score (nSPS) is 23.9. The predicted octanol–water partition coefficient (Wildman–Crippen LogP) is 2.81. The largest absolute Gasteiger partial charge is 0.313 e. The van der Waals surface area contributed by atoms with Crippen molar-refractivity contribution in [3.8, 4) is 0 Å². The maximum atomic E-state index is 4.60. The molecular formula is C16H27N3. The van der Waals surface area contributed by atoms with Crippen LogP contribution in [0.4, 0.5) is 0 Å². The second kappa shape index (κ2) is 7.01. The van der Waals surface area contributed by atoms with Gasteiger partial charge in [0.15, 0.2) is 0 Å². The molecule has 3 heteroatoms. The highest BCUT2D eigenvalue weighted by Crippen LogP contribution is 2.23. The monoisotopic (exact) mass is 261 g/mol. The number of likely N-dealkylation sites (tertiary alicyclic amines) is 1. The second-order valence-electron chi connectivity index (χ2n) is 5.95. The van der Waals surface area contributed by atoms with Gasteiger partial charge >= 0.3 is 0 Å². The van der Waals surface area contributed by atoms with E-state index in [1.807, 2.05) is 6.20 Å². The van der Waals surface area contributed by atoms with Gasteiger partial charge in [0, 0.05) is 31.9 Å². The van der Waals surface area contributed by atoms with Gasteiger partial charge in [-0.25, -0.2) is 0 Å². The van der Waals surface area contributed by atoms with E-state index in [9.17, 15) is 0 Å². The molecule has 2 heterocycles. The Bertz CT molecular complexity index is 374. The first-order chi connectivity index (χ1) is 9.19. The molecule has 2 rings (SSSR count). The van der Waals surface area contributed by atoms with E-state index in [4.69, 9.17) is 0 Å². The van der Waals surface area contributed by atoms with E-state index in [0.717, 1.165) is 25.6 Å². The fraction of sp³-hybridized carbons (Fsp3) is 0.688. The number of rotatable bonds is 6. The van der Waals surface area contributed by atoms with Crippen LogP contribution in [0.2, 0.25) is 0 Å². The van der Waals surface area contributed by atoms with Gasteiger partial charge in [0.2, 0.25) is 0 Å². The zero-order valence-electron chi connectivity index (χ0n) is 12.5. The van der Waals surface area contributed by atoms with E-state index in [-0.39, 0.29) is 0 Å². The molecular weight excluding hydrogens is 234 g/mol. The van der Waals surface area contributed by atoms with Crippen molar-refractivity contribution in [3.05, 3.63) is 29.6 Å². The van der Waals surface area contributed by atoms with Crippen molar-refractivity contribution in [2.45, 2.75) is 52.7 Å². The SMILES string of the molecule is CCCNCc1ccc(CN2CC(C)CC2C)nc1. The first-order valence-corrected chi connectivity index (χ1v) is 7.57. The molecule has 0 saturated carbocycles. The van der Waals surface area contributed by atoms with Crippen LogP contribution in [0.25, 0.3) is 0 Å². The summed E-state index contributed by atoms with van der Waals surface area (Å²) >= 11 is 0. The number of pyridine rings is 1. The number of nitrogens with zero attached hydrogens (tertiary/aromatic N) is 2. The minimum Gasteiger partial charge on any atom is -0.313 e. The minimum atomic E-state index is 0.697. The highest BCUT2D eigenvalue weighted by Gasteiger charge is 2.25. The Labute approximate surface area is 117 Å². The molecule has 1 aliphatic heterocycles. The summed E-state index contributed by atoms with van der Waals surface area (Å²) in [6.45, 7) is 11.1. The highest BCUT2D eigenvalue weighted by atomic mass is 15.2. The highest BCUT2D eigenvalue weighted by molar-refractivity contribution is 5.14. The van der Waals surface area contributed by atoms with E-state index in [1.165, 1.54) is 30.6 Å². The first kappa shape index (κ1) is 14.5. The number of hydrogen-bond donors (Lipinski definition) is 1. The molecule has 0 spiro atoms. The van der Waals surface area contributed by atoms with Crippen LogP contribution in [-0.2, 0) is 13.1 Å².